The number of fused-ring (bicyclic) bond motifs is 1. The lowest BCUT2D eigenvalue weighted by Gasteiger charge is -1.92. The van der Waals surface area contributed by atoms with Crippen LogP contribution in [-0.4, -0.2) is 20.6 Å². The van der Waals surface area contributed by atoms with E-state index in [2.05, 4.69) is 14.3 Å². The summed E-state index contributed by atoms with van der Waals surface area (Å²) in [6, 6.07) is 0. The van der Waals surface area contributed by atoms with Crippen LogP contribution in [0.5, 0.6) is 0 Å². The van der Waals surface area contributed by atoms with E-state index in [1.165, 1.54) is 11.5 Å². The standard InChI is InChI=1S/C6H5N3S2/c1-10-5-4-2-9-11-6(4)8-3-7-5/h2-3H,1H3. The Morgan fingerprint density at radius 2 is 2.36 bits per heavy atom. The predicted molar refractivity (Wildman–Crippen MR) is 47.0 cm³/mol. The van der Waals surface area contributed by atoms with Crippen LogP contribution in [-0.2, 0) is 0 Å². The maximum atomic E-state index is 4.12. The van der Waals surface area contributed by atoms with Crippen molar-refractivity contribution in [3.05, 3.63) is 12.5 Å². The molecule has 0 atom stereocenters. The van der Waals surface area contributed by atoms with Gasteiger partial charge in [0.2, 0.25) is 0 Å². The highest BCUT2D eigenvalue weighted by atomic mass is 32.2. The molecule has 11 heavy (non-hydrogen) atoms. The van der Waals surface area contributed by atoms with Crippen molar-refractivity contribution in [2.24, 2.45) is 0 Å². The van der Waals surface area contributed by atoms with Gasteiger partial charge in [-0.15, -0.1) is 11.8 Å². The highest BCUT2D eigenvalue weighted by molar-refractivity contribution is 7.98. The molecule has 0 saturated carbocycles. The molecular formula is C6H5N3S2. The number of hydrogen-bond acceptors (Lipinski definition) is 5. The summed E-state index contributed by atoms with van der Waals surface area (Å²) in [5.41, 5.74) is 0. The average Bonchev–Trinajstić information content (AvgIpc) is 2.50. The third kappa shape index (κ3) is 1.10. The second-order valence-corrected chi connectivity index (χ2v) is 3.50. The van der Waals surface area contributed by atoms with E-state index in [4.69, 9.17) is 0 Å². The van der Waals surface area contributed by atoms with Crippen molar-refractivity contribution in [1.29, 1.82) is 0 Å². The lowest BCUT2D eigenvalue weighted by Crippen LogP contribution is -1.80. The molecular weight excluding hydrogens is 178 g/mol. The van der Waals surface area contributed by atoms with Gasteiger partial charge in [0.1, 0.15) is 16.2 Å². The summed E-state index contributed by atoms with van der Waals surface area (Å²) in [4.78, 5) is 9.16. The van der Waals surface area contributed by atoms with Crippen molar-refractivity contribution in [2.75, 3.05) is 6.26 Å². The summed E-state index contributed by atoms with van der Waals surface area (Å²) >= 11 is 3.02. The van der Waals surface area contributed by atoms with Crippen LogP contribution >= 0.6 is 23.3 Å². The van der Waals surface area contributed by atoms with E-state index >= 15 is 0 Å². The SMILES string of the molecule is CSc1ncnc2sncc12. The highest BCUT2D eigenvalue weighted by Gasteiger charge is 2.02. The first-order chi connectivity index (χ1) is 5.42. The minimum atomic E-state index is 0.962. The first-order valence-electron chi connectivity index (χ1n) is 3.01. The van der Waals surface area contributed by atoms with Crippen molar-refractivity contribution in [3.8, 4) is 0 Å². The van der Waals surface area contributed by atoms with Crippen LogP contribution in [0.3, 0.4) is 0 Å². The zero-order chi connectivity index (χ0) is 7.68. The van der Waals surface area contributed by atoms with Crippen molar-refractivity contribution in [3.63, 3.8) is 0 Å². The maximum absolute atomic E-state index is 4.12. The molecule has 0 aliphatic rings. The molecule has 56 valence electrons. The predicted octanol–water partition coefficient (Wildman–Crippen LogP) is 1.81. The minimum absolute atomic E-state index is 0.962. The molecule has 3 nitrogen and oxygen atoms in total. The Morgan fingerprint density at radius 1 is 1.45 bits per heavy atom. The van der Waals surface area contributed by atoms with E-state index in [0.717, 1.165) is 15.2 Å². The van der Waals surface area contributed by atoms with Gasteiger partial charge in [-0.2, -0.15) is 4.37 Å². The number of thioether (sulfide) groups is 1. The van der Waals surface area contributed by atoms with Gasteiger partial charge in [0.15, 0.2) is 0 Å². The minimum Gasteiger partial charge on any atom is -0.229 e. The van der Waals surface area contributed by atoms with Gasteiger partial charge in [-0.25, -0.2) is 9.97 Å². The van der Waals surface area contributed by atoms with E-state index in [-0.39, 0.29) is 0 Å². The first kappa shape index (κ1) is 7.00. The molecule has 0 spiro atoms. The van der Waals surface area contributed by atoms with Crippen molar-refractivity contribution in [1.82, 2.24) is 14.3 Å². The summed E-state index contributed by atoms with van der Waals surface area (Å²) in [6.07, 6.45) is 5.39. The smallest absolute Gasteiger partial charge is 0.147 e. The number of nitrogens with zero attached hydrogens (tertiary/aromatic N) is 3. The Balaban J connectivity index is 2.79. The van der Waals surface area contributed by atoms with E-state index in [1.807, 2.05) is 12.5 Å². The van der Waals surface area contributed by atoms with Gasteiger partial charge in [-0.3, -0.25) is 0 Å². The van der Waals surface area contributed by atoms with Gasteiger partial charge in [0.05, 0.1) is 11.6 Å². The molecule has 0 aromatic carbocycles. The quantitative estimate of drug-likeness (QED) is 0.499. The third-order valence-electron chi connectivity index (χ3n) is 1.33. The highest BCUT2D eigenvalue weighted by Crippen LogP contribution is 2.23. The molecule has 0 amide bonds. The Labute approximate surface area is 72.0 Å². The maximum Gasteiger partial charge on any atom is 0.147 e. The van der Waals surface area contributed by atoms with Gasteiger partial charge in [-0.05, 0) is 17.8 Å². The molecule has 0 unspecified atom stereocenters. The van der Waals surface area contributed by atoms with Crippen LogP contribution in [0.4, 0.5) is 0 Å². The summed E-state index contributed by atoms with van der Waals surface area (Å²) in [6.45, 7) is 0. The van der Waals surface area contributed by atoms with Crippen molar-refractivity contribution in [2.45, 2.75) is 5.03 Å². The Kier molecular flexibility index (Phi) is 1.75. The molecule has 2 aromatic rings. The van der Waals surface area contributed by atoms with Crippen LogP contribution in [0.25, 0.3) is 10.2 Å². The molecule has 0 N–H and O–H groups in total. The average molecular weight is 183 g/mol. The summed E-state index contributed by atoms with van der Waals surface area (Å²) in [7, 11) is 0. The van der Waals surface area contributed by atoms with Crippen LogP contribution in [0.1, 0.15) is 0 Å². The van der Waals surface area contributed by atoms with Crippen molar-refractivity contribution < 1.29 is 0 Å². The van der Waals surface area contributed by atoms with Gasteiger partial charge in [0.25, 0.3) is 0 Å². The van der Waals surface area contributed by atoms with Crippen LogP contribution < -0.4 is 0 Å². The van der Waals surface area contributed by atoms with E-state index in [0.29, 0.717) is 0 Å². The van der Waals surface area contributed by atoms with Gasteiger partial charge >= 0.3 is 0 Å². The molecule has 0 fully saturated rings. The van der Waals surface area contributed by atoms with Gasteiger partial charge in [-0.1, -0.05) is 0 Å². The van der Waals surface area contributed by atoms with Crippen LogP contribution in [0.2, 0.25) is 0 Å². The second kappa shape index (κ2) is 2.75. The summed E-state index contributed by atoms with van der Waals surface area (Å²) in [5, 5.41) is 2.06. The lowest BCUT2D eigenvalue weighted by atomic mass is 10.5. The number of aromatic nitrogens is 3. The molecule has 0 bridgehead atoms. The first-order valence-corrected chi connectivity index (χ1v) is 5.01. The molecule has 5 heteroatoms. The molecule has 0 saturated heterocycles. The number of hydrogen-bond donors (Lipinski definition) is 0. The number of rotatable bonds is 1. The largest absolute Gasteiger partial charge is 0.229 e. The van der Waals surface area contributed by atoms with E-state index in [1.54, 1.807) is 18.1 Å². The fourth-order valence-electron chi connectivity index (χ4n) is 0.839. The molecule has 0 radical (unpaired) electrons. The Hall–Kier alpha value is -0.680. The summed E-state index contributed by atoms with van der Waals surface area (Å²) < 4.78 is 4.04. The Morgan fingerprint density at radius 3 is 3.18 bits per heavy atom. The molecule has 0 aliphatic carbocycles. The van der Waals surface area contributed by atoms with Gasteiger partial charge in [0, 0.05) is 0 Å². The van der Waals surface area contributed by atoms with E-state index in [9.17, 15) is 0 Å². The molecule has 2 heterocycles. The topological polar surface area (TPSA) is 38.7 Å². The third-order valence-corrected chi connectivity index (χ3v) is 2.75. The second-order valence-electron chi connectivity index (χ2n) is 1.93. The fraction of sp³-hybridized carbons (Fsp3) is 0.167. The van der Waals surface area contributed by atoms with Crippen LogP contribution in [0, 0.1) is 0 Å². The lowest BCUT2D eigenvalue weighted by molar-refractivity contribution is 1.11. The van der Waals surface area contributed by atoms with Crippen LogP contribution in [0.15, 0.2) is 17.6 Å². The van der Waals surface area contributed by atoms with E-state index < -0.39 is 0 Å². The molecule has 0 aliphatic heterocycles. The zero-order valence-electron chi connectivity index (χ0n) is 5.81. The van der Waals surface area contributed by atoms with Crippen molar-refractivity contribution >= 4 is 33.5 Å². The molecule has 2 rings (SSSR count). The molecule has 2 aromatic heterocycles. The zero-order valence-corrected chi connectivity index (χ0v) is 7.45. The van der Waals surface area contributed by atoms with Gasteiger partial charge < -0.3 is 0 Å². The Bertz CT molecular complexity index is 371. The summed E-state index contributed by atoms with van der Waals surface area (Å²) in [5.74, 6) is 0. The fourth-order valence-corrected chi connectivity index (χ4v) is 2.03. The monoisotopic (exact) mass is 183 g/mol. The normalized spacial score (nSPS) is 10.6.